The fourth-order valence-electron chi connectivity index (χ4n) is 4.26. The maximum absolute atomic E-state index is 13.7. The minimum Gasteiger partial charge on any atom is -0.292 e. The van der Waals surface area contributed by atoms with Gasteiger partial charge in [0, 0.05) is 12.0 Å². The van der Waals surface area contributed by atoms with E-state index in [1.54, 1.807) is 4.57 Å². The Labute approximate surface area is 207 Å². The van der Waals surface area contributed by atoms with Crippen LogP contribution in [0, 0.1) is 0 Å². The first kappa shape index (κ1) is 23.2. The van der Waals surface area contributed by atoms with E-state index < -0.39 is 0 Å². The number of hydrogen-bond acceptors (Lipinski definition) is 8. The number of aryl methyl sites for hydroxylation is 2. The standard InChI is InChI=1S/C25H26N10O/c1-3-5-10-21-26-20(4-2)22(24-29-33-34-30-24)25(36)35(21)15-16-11-13-17(14-12-16)18-8-6-7-9-19(18)23-27-31-32-28-23/h6-9,11-14H,3-5,10,15H2,1-2H3,(H,27,28,31,32)(H,29,30,33,34). The molecule has 2 aromatic carbocycles. The van der Waals surface area contributed by atoms with Gasteiger partial charge in [0.05, 0.1) is 12.2 Å². The van der Waals surface area contributed by atoms with Gasteiger partial charge in [-0.15, -0.1) is 20.4 Å². The molecule has 0 aliphatic rings. The van der Waals surface area contributed by atoms with Crippen LogP contribution in [0.1, 0.15) is 43.8 Å². The average molecular weight is 483 g/mol. The lowest BCUT2D eigenvalue weighted by Crippen LogP contribution is -2.29. The highest BCUT2D eigenvalue weighted by atomic mass is 16.1. The summed E-state index contributed by atoms with van der Waals surface area (Å²) in [7, 11) is 0. The molecule has 0 unspecified atom stereocenters. The van der Waals surface area contributed by atoms with Gasteiger partial charge in [-0.25, -0.2) is 4.98 Å². The van der Waals surface area contributed by atoms with Crippen LogP contribution in [0.25, 0.3) is 33.9 Å². The van der Waals surface area contributed by atoms with Crippen molar-refractivity contribution in [2.24, 2.45) is 0 Å². The van der Waals surface area contributed by atoms with E-state index in [2.05, 4.69) is 48.2 Å². The number of nitrogens with zero attached hydrogens (tertiary/aromatic N) is 8. The van der Waals surface area contributed by atoms with Crippen molar-refractivity contribution in [1.29, 1.82) is 0 Å². The van der Waals surface area contributed by atoms with Crippen LogP contribution in [0.4, 0.5) is 0 Å². The zero-order chi connectivity index (χ0) is 24.9. The van der Waals surface area contributed by atoms with Gasteiger partial charge in [-0.05, 0) is 40.0 Å². The van der Waals surface area contributed by atoms with Gasteiger partial charge in [0.1, 0.15) is 11.4 Å². The molecule has 0 aliphatic carbocycles. The molecular weight excluding hydrogens is 456 g/mol. The highest BCUT2D eigenvalue weighted by Gasteiger charge is 2.20. The van der Waals surface area contributed by atoms with E-state index in [0.717, 1.165) is 47.3 Å². The fourth-order valence-corrected chi connectivity index (χ4v) is 4.26. The Morgan fingerprint density at radius 1 is 0.861 bits per heavy atom. The summed E-state index contributed by atoms with van der Waals surface area (Å²) in [5.41, 5.74) is 4.83. The number of aromatic amines is 2. The number of hydrogen-bond donors (Lipinski definition) is 2. The summed E-state index contributed by atoms with van der Waals surface area (Å²) in [6.07, 6.45) is 3.29. The highest BCUT2D eigenvalue weighted by Crippen LogP contribution is 2.30. The second-order valence-electron chi connectivity index (χ2n) is 8.41. The average Bonchev–Trinajstić information content (AvgIpc) is 3.64. The smallest absolute Gasteiger partial charge is 0.265 e. The molecule has 5 rings (SSSR count). The van der Waals surface area contributed by atoms with Gasteiger partial charge in [-0.1, -0.05) is 68.8 Å². The predicted molar refractivity (Wildman–Crippen MR) is 134 cm³/mol. The fraction of sp³-hybridized carbons (Fsp3) is 0.280. The summed E-state index contributed by atoms with van der Waals surface area (Å²) in [6, 6.07) is 16.1. The molecule has 0 aliphatic heterocycles. The summed E-state index contributed by atoms with van der Waals surface area (Å²) in [5.74, 6) is 1.59. The number of rotatable bonds is 9. The minimum atomic E-state index is -0.152. The molecule has 11 nitrogen and oxygen atoms in total. The SMILES string of the molecule is CCCCc1nc(CC)c(-c2nn[nH]n2)c(=O)n1Cc1ccc(-c2ccccc2-c2nn[nH]n2)cc1. The quantitative estimate of drug-likeness (QED) is 0.326. The molecule has 0 spiro atoms. The summed E-state index contributed by atoms with van der Waals surface area (Å²) in [4.78, 5) is 18.5. The van der Waals surface area contributed by atoms with E-state index in [1.165, 1.54) is 0 Å². The van der Waals surface area contributed by atoms with E-state index in [4.69, 9.17) is 4.98 Å². The van der Waals surface area contributed by atoms with Gasteiger partial charge < -0.3 is 0 Å². The third-order valence-electron chi connectivity index (χ3n) is 6.10. The van der Waals surface area contributed by atoms with Crippen LogP contribution < -0.4 is 5.56 Å². The second-order valence-corrected chi connectivity index (χ2v) is 8.41. The number of H-pyrrole nitrogens is 2. The van der Waals surface area contributed by atoms with Gasteiger partial charge in [-0.2, -0.15) is 10.4 Å². The Hall–Kier alpha value is -4.54. The van der Waals surface area contributed by atoms with Gasteiger partial charge in [-0.3, -0.25) is 9.36 Å². The molecule has 0 fully saturated rings. The van der Waals surface area contributed by atoms with E-state index in [0.29, 0.717) is 30.0 Å². The number of nitrogens with one attached hydrogen (secondary N) is 2. The molecular formula is C25H26N10O. The van der Waals surface area contributed by atoms with Gasteiger partial charge in [0.15, 0.2) is 0 Å². The second kappa shape index (κ2) is 10.4. The lowest BCUT2D eigenvalue weighted by molar-refractivity contribution is 0.630. The lowest BCUT2D eigenvalue weighted by Gasteiger charge is -2.16. The van der Waals surface area contributed by atoms with Crippen molar-refractivity contribution < 1.29 is 0 Å². The van der Waals surface area contributed by atoms with Crippen molar-refractivity contribution in [3.8, 4) is 33.9 Å². The Kier molecular flexibility index (Phi) is 6.69. The number of unbranched alkanes of at least 4 members (excludes halogenated alkanes) is 1. The van der Waals surface area contributed by atoms with Crippen molar-refractivity contribution in [3.05, 3.63) is 76.0 Å². The van der Waals surface area contributed by atoms with Crippen LogP contribution in [0.3, 0.4) is 0 Å². The Bertz CT molecular complexity index is 1490. The molecule has 3 heterocycles. The number of aromatic nitrogens is 10. The zero-order valence-electron chi connectivity index (χ0n) is 20.1. The number of tetrazole rings is 2. The summed E-state index contributed by atoms with van der Waals surface area (Å²) in [5, 5.41) is 28.6. The molecule has 2 N–H and O–H groups in total. The molecule has 5 aromatic rings. The molecule has 11 heteroatoms. The van der Waals surface area contributed by atoms with Crippen molar-refractivity contribution >= 4 is 0 Å². The summed E-state index contributed by atoms with van der Waals surface area (Å²) in [6.45, 7) is 4.50. The molecule has 0 atom stereocenters. The van der Waals surface area contributed by atoms with Crippen molar-refractivity contribution in [2.45, 2.75) is 46.1 Å². The molecule has 0 bridgehead atoms. The normalized spacial score (nSPS) is 11.2. The largest absolute Gasteiger partial charge is 0.292 e. The molecule has 3 aromatic heterocycles. The summed E-state index contributed by atoms with van der Waals surface area (Å²) >= 11 is 0. The van der Waals surface area contributed by atoms with E-state index in [9.17, 15) is 4.79 Å². The number of benzene rings is 2. The third kappa shape index (κ3) is 4.54. The van der Waals surface area contributed by atoms with Crippen LogP contribution in [-0.2, 0) is 19.4 Å². The first-order valence-electron chi connectivity index (χ1n) is 12.0. The zero-order valence-corrected chi connectivity index (χ0v) is 20.1. The van der Waals surface area contributed by atoms with Crippen molar-refractivity contribution in [3.63, 3.8) is 0 Å². The first-order valence-corrected chi connectivity index (χ1v) is 12.0. The van der Waals surface area contributed by atoms with E-state index in [-0.39, 0.29) is 11.4 Å². The molecule has 182 valence electrons. The van der Waals surface area contributed by atoms with Gasteiger partial charge >= 0.3 is 0 Å². The Balaban J connectivity index is 1.52. The van der Waals surface area contributed by atoms with Crippen LogP contribution >= 0.6 is 0 Å². The van der Waals surface area contributed by atoms with E-state index >= 15 is 0 Å². The van der Waals surface area contributed by atoms with Crippen molar-refractivity contribution in [2.75, 3.05) is 0 Å². The molecule has 0 amide bonds. The van der Waals surface area contributed by atoms with Gasteiger partial charge in [0.2, 0.25) is 11.6 Å². The monoisotopic (exact) mass is 482 g/mol. The highest BCUT2D eigenvalue weighted by molar-refractivity contribution is 5.80. The predicted octanol–water partition coefficient (Wildman–Crippen LogP) is 3.22. The summed E-state index contributed by atoms with van der Waals surface area (Å²) < 4.78 is 1.74. The van der Waals surface area contributed by atoms with Crippen LogP contribution in [0.5, 0.6) is 0 Å². The lowest BCUT2D eigenvalue weighted by atomic mass is 9.98. The van der Waals surface area contributed by atoms with Crippen LogP contribution in [0.15, 0.2) is 53.3 Å². The maximum atomic E-state index is 13.7. The van der Waals surface area contributed by atoms with Crippen LogP contribution in [-0.4, -0.2) is 50.8 Å². The minimum absolute atomic E-state index is 0.152. The van der Waals surface area contributed by atoms with Crippen LogP contribution in [0.2, 0.25) is 0 Å². The third-order valence-corrected chi connectivity index (χ3v) is 6.10. The molecule has 0 saturated heterocycles. The molecule has 0 saturated carbocycles. The Morgan fingerprint density at radius 3 is 2.19 bits per heavy atom. The first-order chi connectivity index (χ1) is 17.7. The van der Waals surface area contributed by atoms with Crippen molar-refractivity contribution in [1.82, 2.24) is 50.8 Å². The Morgan fingerprint density at radius 2 is 1.56 bits per heavy atom. The van der Waals surface area contributed by atoms with E-state index in [1.807, 2.05) is 55.5 Å². The maximum Gasteiger partial charge on any atom is 0.265 e. The molecule has 36 heavy (non-hydrogen) atoms. The molecule has 0 radical (unpaired) electrons. The topological polar surface area (TPSA) is 144 Å². The van der Waals surface area contributed by atoms with Gasteiger partial charge in [0.25, 0.3) is 5.56 Å².